The number of nitrogens with zero attached hydrogens (tertiary/aromatic N) is 1. The first-order valence-electron chi connectivity index (χ1n) is 5.23. The van der Waals surface area contributed by atoms with E-state index in [-0.39, 0.29) is 12.6 Å². The number of furan rings is 1. The molecular formula is C11H17NO2. The zero-order valence-electron chi connectivity index (χ0n) is 8.52. The molecule has 1 aliphatic heterocycles. The molecule has 1 aliphatic rings. The van der Waals surface area contributed by atoms with Crippen molar-refractivity contribution in [1.82, 2.24) is 4.90 Å². The van der Waals surface area contributed by atoms with Crippen molar-refractivity contribution < 1.29 is 9.52 Å². The lowest BCUT2D eigenvalue weighted by Gasteiger charge is -2.27. The molecule has 1 N–H and O–H groups in total. The Labute approximate surface area is 84.3 Å². The highest BCUT2D eigenvalue weighted by atomic mass is 16.3. The first-order chi connectivity index (χ1) is 6.83. The number of likely N-dealkylation sites (tertiary alicyclic amines) is 1. The van der Waals surface area contributed by atoms with E-state index in [1.54, 1.807) is 6.26 Å². The maximum atomic E-state index is 9.21. The van der Waals surface area contributed by atoms with Crippen LogP contribution in [-0.4, -0.2) is 29.2 Å². The molecule has 0 bridgehead atoms. The summed E-state index contributed by atoms with van der Waals surface area (Å²) in [5.74, 6) is 0.991. The SMILES string of the molecule is C[C@H](c1ccco1)N1CCC[C@H]1CO. The van der Waals surface area contributed by atoms with E-state index in [9.17, 15) is 5.11 Å². The van der Waals surface area contributed by atoms with Gasteiger partial charge in [-0.05, 0) is 38.4 Å². The fourth-order valence-corrected chi connectivity index (χ4v) is 2.26. The molecule has 3 nitrogen and oxygen atoms in total. The maximum absolute atomic E-state index is 9.21. The molecule has 78 valence electrons. The summed E-state index contributed by atoms with van der Waals surface area (Å²) in [6.07, 6.45) is 3.98. The summed E-state index contributed by atoms with van der Waals surface area (Å²) in [7, 11) is 0. The second-order valence-electron chi connectivity index (χ2n) is 3.91. The van der Waals surface area contributed by atoms with Crippen molar-refractivity contribution in [2.24, 2.45) is 0 Å². The van der Waals surface area contributed by atoms with E-state index in [2.05, 4.69) is 11.8 Å². The Balaban J connectivity index is 2.07. The lowest BCUT2D eigenvalue weighted by atomic mass is 10.2. The largest absolute Gasteiger partial charge is 0.468 e. The standard InChI is InChI=1S/C11H17NO2/c1-9(11-5-3-7-14-11)12-6-2-4-10(12)8-13/h3,5,7,9-10,13H,2,4,6,8H2,1H3/t9-,10+/m1/s1. The van der Waals surface area contributed by atoms with Crippen molar-refractivity contribution in [3.63, 3.8) is 0 Å². The fourth-order valence-electron chi connectivity index (χ4n) is 2.26. The highest BCUT2D eigenvalue weighted by molar-refractivity contribution is 5.05. The van der Waals surface area contributed by atoms with Gasteiger partial charge in [0.1, 0.15) is 5.76 Å². The minimum absolute atomic E-state index is 0.255. The molecule has 0 saturated carbocycles. The molecule has 1 fully saturated rings. The van der Waals surface area contributed by atoms with Crippen LogP contribution in [0.3, 0.4) is 0 Å². The van der Waals surface area contributed by atoms with Crippen LogP contribution in [0, 0.1) is 0 Å². The molecule has 0 aliphatic carbocycles. The number of rotatable bonds is 3. The Kier molecular flexibility index (Phi) is 2.89. The molecular weight excluding hydrogens is 178 g/mol. The summed E-state index contributed by atoms with van der Waals surface area (Å²) in [5, 5.41) is 9.21. The van der Waals surface area contributed by atoms with E-state index in [0.717, 1.165) is 18.7 Å². The number of aliphatic hydroxyl groups is 1. The molecule has 3 heteroatoms. The van der Waals surface area contributed by atoms with Gasteiger partial charge in [-0.3, -0.25) is 4.90 Å². The van der Waals surface area contributed by atoms with Crippen LogP contribution in [0.1, 0.15) is 31.6 Å². The van der Waals surface area contributed by atoms with Crippen LogP contribution >= 0.6 is 0 Å². The molecule has 2 heterocycles. The second-order valence-corrected chi connectivity index (χ2v) is 3.91. The smallest absolute Gasteiger partial charge is 0.120 e. The van der Waals surface area contributed by atoms with E-state index in [4.69, 9.17) is 4.42 Å². The molecule has 0 aromatic carbocycles. The maximum Gasteiger partial charge on any atom is 0.120 e. The number of hydrogen-bond donors (Lipinski definition) is 1. The zero-order valence-corrected chi connectivity index (χ0v) is 8.52. The molecule has 0 amide bonds. The predicted molar refractivity (Wildman–Crippen MR) is 53.9 cm³/mol. The highest BCUT2D eigenvalue weighted by Gasteiger charge is 2.29. The number of hydrogen-bond acceptors (Lipinski definition) is 3. The Bertz CT molecular complexity index is 271. The van der Waals surface area contributed by atoms with Gasteiger partial charge in [0.25, 0.3) is 0 Å². The van der Waals surface area contributed by atoms with E-state index in [1.165, 1.54) is 6.42 Å². The minimum Gasteiger partial charge on any atom is -0.468 e. The van der Waals surface area contributed by atoms with Crippen molar-refractivity contribution in [3.05, 3.63) is 24.2 Å². The van der Waals surface area contributed by atoms with E-state index >= 15 is 0 Å². The third-order valence-corrected chi connectivity index (χ3v) is 3.09. The van der Waals surface area contributed by atoms with Crippen LogP contribution in [0.4, 0.5) is 0 Å². The quantitative estimate of drug-likeness (QED) is 0.799. The van der Waals surface area contributed by atoms with Gasteiger partial charge in [-0.15, -0.1) is 0 Å². The molecule has 1 aromatic rings. The average Bonchev–Trinajstić information content (AvgIpc) is 2.87. The monoisotopic (exact) mass is 195 g/mol. The Morgan fingerprint density at radius 2 is 2.57 bits per heavy atom. The molecule has 14 heavy (non-hydrogen) atoms. The summed E-state index contributed by atoms with van der Waals surface area (Å²) in [5.41, 5.74) is 0. The van der Waals surface area contributed by atoms with Crippen LogP contribution in [0.25, 0.3) is 0 Å². The van der Waals surface area contributed by atoms with E-state index in [1.807, 2.05) is 12.1 Å². The second kappa shape index (κ2) is 4.15. The highest BCUT2D eigenvalue weighted by Crippen LogP contribution is 2.28. The lowest BCUT2D eigenvalue weighted by Crippen LogP contribution is -2.34. The third-order valence-electron chi connectivity index (χ3n) is 3.09. The predicted octanol–water partition coefficient (Wildman–Crippen LogP) is 1.80. The van der Waals surface area contributed by atoms with Gasteiger partial charge >= 0.3 is 0 Å². The first kappa shape index (κ1) is 9.74. The van der Waals surface area contributed by atoms with Gasteiger partial charge in [-0.2, -0.15) is 0 Å². The zero-order chi connectivity index (χ0) is 9.97. The summed E-state index contributed by atoms with van der Waals surface area (Å²) < 4.78 is 5.38. The normalized spacial score (nSPS) is 25.4. The summed E-state index contributed by atoms with van der Waals surface area (Å²) in [4.78, 5) is 2.32. The van der Waals surface area contributed by atoms with Crippen LogP contribution in [-0.2, 0) is 0 Å². The molecule has 1 aromatic heterocycles. The van der Waals surface area contributed by atoms with Crippen LogP contribution in [0.15, 0.2) is 22.8 Å². The van der Waals surface area contributed by atoms with Gasteiger partial charge in [0, 0.05) is 6.04 Å². The van der Waals surface area contributed by atoms with Gasteiger partial charge < -0.3 is 9.52 Å². The van der Waals surface area contributed by atoms with E-state index in [0.29, 0.717) is 6.04 Å². The molecule has 1 saturated heterocycles. The van der Waals surface area contributed by atoms with Crippen LogP contribution in [0.5, 0.6) is 0 Å². The molecule has 2 atom stereocenters. The van der Waals surface area contributed by atoms with Gasteiger partial charge in [-0.25, -0.2) is 0 Å². The Morgan fingerprint density at radius 1 is 1.71 bits per heavy atom. The summed E-state index contributed by atoms with van der Waals surface area (Å²) >= 11 is 0. The number of aliphatic hydroxyl groups excluding tert-OH is 1. The van der Waals surface area contributed by atoms with Crippen molar-refractivity contribution in [2.75, 3.05) is 13.2 Å². The van der Waals surface area contributed by atoms with Crippen LogP contribution < -0.4 is 0 Å². The van der Waals surface area contributed by atoms with Crippen molar-refractivity contribution in [3.8, 4) is 0 Å². The summed E-state index contributed by atoms with van der Waals surface area (Å²) in [6.45, 7) is 3.45. The molecule has 0 spiro atoms. The molecule has 0 radical (unpaired) electrons. The van der Waals surface area contributed by atoms with E-state index < -0.39 is 0 Å². The van der Waals surface area contributed by atoms with Crippen LogP contribution in [0.2, 0.25) is 0 Å². The van der Waals surface area contributed by atoms with Crippen molar-refractivity contribution >= 4 is 0 Å². The van der Waals surface area contributed by atoms with Gasteiger partial charge in [0.15, 0.2) is 0 Å². The molecule has 2 rings (SSSR count). The van der Waals surface area contributed by atoms with Crippen molar-refractivity contribution in [2.45, 2.75) is 31.8 Å². The first-order valence-corrected chi connectivity index (χ1v) is 5.23. The summed E-state index contributed by atoms with van der Waals surface area (Å²) in [6, 6.07) is 4.51. The topological polar surface area (TPSA) is 36.6 Å². The average molecular weight is 195 g/mol. The lowest BCUT2D eigenvalue weighted by molar-refractivity contribution is 0.116. The third kappa shape index (κ3) is 1.70. The molecule has 0 unspecified atom stereocenters. The van der Waals surface area contributed by atoms with Gasteiger partial charge in [0.2, 0.25) is 0 Å². The Hall–Kier alpha value is -0.800. The van der Waals surface area contributed by atoms with Crippen molar-refractivity contribution in [1.29, 1.82) is 0 Å². The van der Waals surface area contributed by atoms with Gasteiger partial charge in [-0.1, -0.05) is 0 Å². The van der Waals surface area contributed by atoms with Gasteiger partial charge in [0.05, 0.1) is 18.9 Å². The minimum atomic E-state index is 0.255. The fraction of sp³-hybridized carbons (Fsp3) is 0.636. The Morgan fingerprint density at radius 3 is 3.21 bits per heavy atom.